The summed E-state index contributed by atoms with van der Waals surface area (Å²) in [6, 6.07) is 0.793. The summed E-state index contributed by atoms with van der Waals surface area (Å²) in [5.74, 6) is -0.926. The molecule has 15 heavy (non-hydrogen) atoms. The molecule has 1 rings (SSSR count). The Hall–Kier alpha value is -1.63. The molecule has 0 N–H and O–H groups in total. The van der Waals surface area contributed by atoms with Crippen LogP contribution in [0, 0.1) is 10.1 Å². The first kappa shape index (κ1) is 11.4. The number of nitro groups is 1. The average Bonchev–Trinajstić information content (AvgIpc) is 2.16. The maximum atomic E-state index is 12.2. The van der Waals surface area contributed by atoms with E-state index < -0.39 is 33.4 Å². The quantitative estimate of drug-likeness (QED) is 0.459. The van der Waals surface area contributed by atoms with Crippen LogP contribution in [0.15, 0.2) is 6.07 Å². The molecule has 0 saturated carbocycles. The van der Waals surface area contributed by atoms with Gasteiger partial charge in [-0.1, -0.05) is 11.6 Å². The molecular formula is C7H3ClF2N2O3. The van der Waals surface area contributed by atoms with E-state index in [1.807, 2.05) is 0 Å². The van der Waals surface area contributed by atoms with Gasteiger partial charge >= 0.3 is 12.2 Å². The summed E-state index contributed by atoms with van der Waals surface area (Å²) in [5, 5.41) is 9.89. The van der Waals surface area contributed by atoms with Crippen molar-refractivity contribution in [2.45, 2.75) is 6.43 Å². The molecule has 0 amide bonds. The molecule has 0 saturated heterocycles. The molecule has 80 valence electrons. The van der Waals surface area contributed by atoms with Gasteiger partial charge in [0.2, 0.25) is 5.69 Å². The van der Waals surface area contributed by atoms with Gasteiger partial charge in [-0.3, -0.25) is 4.79 Å². The van der Waals surface area contributed by atoms with E-state index in [9.17, 15) is 23.7 Å². The van der Waals surface area contributed by atoms with E-state index in [-0.39, 0.29) is 6.29 Å². The zero-order chi connectivity index (χ0) is 11.6. The molecule has 1 aromatic heterocycles. The van der Waals surface area contributed by atoms with Crippen LogP contribution in [0.25, 0.3) is 0 Å². The highest BCUT2D eigenvalue weighted by atomic mass is 35.5. The minimum Gasteiger partial charge on any atom is -0.358 e. The second-order valence-electron chi connectivity index (χ2n) is 2.44. The Balaban J connectivity index is 3.43. The van der Waals surface area contributed by atoms with E-state index in [2.05, 4.69) is 4.98 Å². The number of pyridine rings is 1. The van der Waals surface area contributed by atoms with Gasteiger partial charge in [0.1, 0.15) is 5.56 Å². The Kier molecular flexibility index (Phi) is 3.25. The van der Waals surface area contributed by atoms with Crippen molar-refractivity contribution in [1.82, 2.24) is 4.98 Å². The summed E-state index contributed by atoms with van der Waals surface area (Å²) in [6.07, 6.45) is -2.90. The predicted octanol–water partition coefficient (Wildman–Crippen LogP) is 2.39. The van der Waals surface area contributed by atoms with Gasteiger partial charge in [0.15, 0.2) is 6.29 Å². The standard InChI is InChI=1S/C7H3ClF2N2O3/c8-4-1-3(2-13)7(12(14)15)11-5(4)6(9)10/h1-2,6H. The lowest BCUT2D eigenvalue weighted by atomic mass is 10.2. The number of nitrogens with zero attached hydrogens (tertiary/aromatic N) is 2. The smallest absolute Gasteiger partial charge is 0.358 e. The second kappa shape index (κ2) is 4.26. The van der Waals surface area contributed by atoms with E-state index in [0.717, 1.165) is 6.07 Å². The van der Waals surface area contributed by atoms with Crippen LogP contribution >= 0.6 is 11.6 Å². The largest absolute Gasteiger partial charge is 0.374 e. The van der Waals surface area contributed by atoms with Gasteiger partial charge in [-0.15, -0.1) is 0 Å². The van der Waals surface area contributed by atoms with Crippen molar-refractivity contribution in [3.63, 3.8) is 0 Å². The normalized spacial score (nSPS) is 10.4. The molecule has 0 aliphatic carbocycles. The molecule has 0 atom stereocenters. The van der Waals surface area contributed by atoms with Crippen molar-refractivity contribution in [2.24, 2.45) is 0 Å². The van der Waals surface area contributed by atoms with Gasteiger partial charge in [0.25, 0.3) is 0 Å². The number of alkyl halides is 2. The molecule has 0 bridgehead atoms. The van der Waals surface area contributed by atoms with E-state index in [0.29, 0.717) is 0 Å². The van der Waals surface area contributed by atoms with E-state index in [4.69, 9.17) is 11.6 Å². The molecule has 5 nitrogen and oxygen atoms in total. The molecule has 0 radical (unpaired) electrons. The third-order valence-electron chi connectivity index (χ3n) is 1.52. The molecule has 0 aromatic carbocycles. The minimum absolute atomic E-state index is 0.131. The fourth-order valence-corrected chi connectivity index (χ4v) is 1.14. The monoisotopic (exact) mass is 236 g/mol. The van der Waals surface area contributed by atoms with Gasteiger partial charge in [0.05, 0.1) is 5.02 Å². The third-order valence-corrected chi connectivity index (χ3v) is 1.82. The molecule has 1 heterocycles. The first-order valence-electron chi connectivity index (χ1n) is 3.55. The van der Waals surface area contributed by atoms with Crippen molar-refractivity contribution < 1.29 is 18.5 Å². The number of aromatic nitrogens is 1. The first-order valence-corrected chi connectivity index (χ1v) is 3.93. The van der Waals surface area contributed by atoms with E-state index in [1.54, 1.807) is 0 Å². The molecule has 1 aromatic rings. The van der Waals surface area contributed by atoms with Gasteiger partial charge in [0, 0.05) is 0 Å². The summed E-state index contributed by atoms with van der Waals surface area (Å²) >= 11 is 5.36. The zero-order valence-electron chi connectivity index (χ0n) is 6.99. The van der Waals surface area contributed by atoms with Gasteiger partial charge < -0.3 is 10.1 Å². The lowest BCUT2D eigenvalue weighted by molar-refractivity contribution is -0.389. The predicted molar refractivity (Wildman–Crippen MR) is 46.2 cm³/mol. The van der Waals surface area contributed by atoms with Crippen molar-refractivity contribution >= 4 is 23.7 Å². The Labute approximate surface area is 86.8 Å². The van der Waals surface area contributed by atoms with Crippen LogP contribution < -0.4 is 0 Å². The van der Waals surface area contributed by atoms with Crippen molar-refractivity contribution in [2.75, 3.05) is 0 Å². The Bertz CT molecular complexity index is 425. The third kappa shape index (κ3) is 2.24. The van der Waals surface area contributed by atoms with Gasteiger partial charge in [-0.25, -0.2) is 8.78 Å². The SMILES string of the molecule is O=Cc1cc(Cl)c(C(F)F)nc1[N+](=O)[O-]. The number of hydrogen-bond acceptors (Lipinski definition) is 4. The number of carbonyl (C=O) groups excluding carboxylic acids is 1. The maximum Gasteiger partial charge on any atom is 0.374 e. The van der Waals surface area contributed by atoms with Crippen LogP contribution in [0.1, 0.15) is 22.5 Å². The highest BCUT2D eigenvalue weighted by molar-refractivity contribution is 6.31. The molecule has 8 heteroatoms. The minimum atomic E-state index is -3.03. The Morgan fingerprint density at radius 2 is 2.20 bits per heavy atom. The lowest BCUT2D eigenvalue weighted by Crippen LogP contribution is -2.02. The van der Waals surface area contributed by atoms with Crippen LogP contribution in [0.4, 0.5) is 14.6 Å². The molecule has 0 aliphatic heterocycles. The summed E-state index contributed by atoms with van der Waals surface area (Å²) < 4.78 is 24.5. The summed E-state index contributed by atoms with van der Waals surface area (Å²) in [7, 11) is 0. The highest BCUT2D eigenvalue weighted by Crippen LogP contribution is 2.29. The number of carbonyl (C=O) groups is 1. The van der Waals surface area contributed by atoms with Crippen molar-refractivity contribution in [1.29, 1.82) is 0 Å². The van der Waals surface area contributed by atoms with Crippen LogP contribution in [0.2, 0.25) is 5.02 Å². The summed E-state index contributed by atoms with van der Waals surface area (Å²) in [4.78, 5) is 22.7. The maximum absolute atomic E-state index is 12.2. The molecule has 0 unspecified atom stereocenters. The Morgan fingerprint density at radius 3 is 2.60 bits per heavy atom. The molecule has 0 fully saturated rings. The van der Waals surface area contributed by atoms with E-state index >= 15 is 0 Å². The van der Waals surface area contributed by atoms with Crippen molar-refractivity contribution in [3.05, 3.63) is 32.5 Å². The summed E-state index contributed by atoms with van der Waals surface area (Å²) in [5.41, 5.74) is -1.34. The van der Waals surface area contributed by atoms with Crippen molar-refractivity contribution in [3.8, 4) is 0 Å². The van der Waals surface area contributed by atoms with Gasteiger partial charge in [-0.05, 0) is 16.0 Å². The van der Waals surface area contributed by atoms with E-state index in [1.165, 1.54) is 0 Å². The average molecular weight is 237 g/mol. The molecule has 0 spiro atoms. The molecular weight excluding hydrogens is 234 g/mol. The van der Waals surface area contributed by atoms with Gasteiger partial charge in [-0.2, -0.15) is 0 Å². The highest BCUT2D eigenvalue weighted by Gasteiger charge is 2.26. The fourth-order valence-electron chi connectivity index (χ4n) is 0.893. The number of hydrogen-bond donors (Lipinski definition) is 0. The number of aldehydes is 1. The fraction of sp³-hybridized carbons (Fsp3) is 0.143. The Morgan fingerprint density at radius 1 is 1.60 bits per heavy atom. The van der Waals surface area contributed by atoms with Crippen LogP contribution in [-0.2, 0) is 0 Å². The second-order valence-corrected chi connectivity index (χ2v) is 2.85. The number of rotatable bonds is 3. The van der Waals surface area contributed by atoms with Crippen LogP contribution in [0.5, 0.6) is 0 Å². The lowest BCUT2D eigenvalue weighted by Gasteiger charge is -2.00. The molecule has 0 aliphatic rings. The van der Waals surface area contributed by atoms with Crippen LogP contribution in [0.3, 0.4) is 0 Å². The number of halogens is 3. The summed E-state index contributed by atoms with van der Waals surface area (Å²) in [6.45, 7) is 0. The van der Waals surface area contributed by atoms with Crippen LogP contribution in [-0.4, -0.2) is 16.2 Å². The topological polar surface area (TPSA) is 73.1 Å². The zero-order valence-corrected chi connectivity index (χ0v) is 7.74. The first-order chi connectivity index (χ1) is 6.97.